The number of esters is 2. The summed E-state index contributed by atoms with van der Waals surface area (Å²) in [6, 6.07) is 24.0. The van der Waals surface area contributed by atoms with Crippen molar-refractivity contribution in [1.29, 1.82) is 0 Å². The van der Waals surface area contributed by atoms with Crippen LogP contribution in [-0.4, -0.2) is 11.9 Å². The van der Waals surface area contributed by atoms with E-state index in [-0.39, 0.29) is 17.4 Å². The number of hydrogen-bond donors (Lipinski definition) is 0. The molecule has 0 N–H and O–H groups in total. The third-order valence-corrected chi connectivity index (χ3v) is 5.81. The Morgan fingerprint density at radius 1 is 0.697 bits per heavy atom. The van der Waals surface area contributed by atoms with Gasteiger partial charge in [-0.15, -0.1) is 0 Å². The van der Waals surface area contributed by atoms with Gasteiger partial charge in [-0.05, 0) is 60.4 Å². The number of ether oxygens (including phenoxy) is 2. The maximum Gasteiger partial charge on any atom is 0.343 e. The van der Waals surface area contributed by atoms with E-state index in [4.69, 9.17) is 9.47 Å². The summed E-state index contributed by atoms with van der Waals surface area (Å²) in [6.45, 7) is 4.24. The van der Waals surface area contributed by atoms with E-state index in [1.54, 1.807) is 36.4 Å². The molecule has 0 bridgehead atoms. The Kier molecular flexibility index (Phi) is 6.55. The number of allylic oxidation sites excluding steroid dienone is 2. The summed E-state index contributed by atoms with van der Waals surface area (Å²) >= 11 is 0. The van der Waals surface area contributed by atoms with Gasteiger partial charge in [0, 0.05) is 5.41 Å². The second kappa shape index (κ2) is 9.70. The average Bonchev–Trinajstić information content (AvgIpc) is 2.86. The molecular formula is C29H26O4. The lowest BCUT2D eigenvalue weighted by molar-refractivity contribution is -0.129. The molecule has 3 aromatic carbocycles. The quantitative estimate of drug-likeness (QED) is 0.329. The molecule has 4 nitrogen and oxygen atoms in total. The Morgan fingerprint density at radius 2 is 1.24 bits per heavy atom. The fourth-order valence-corrected chi connectivity index (χ4v) is 3.72. The number of carbonyl (C=O) groups excluding carboxylic acids is 2. The first-order chi connectivity index (χ1) is 15.9. The lowest BCUT2D eigenvalue weighted by atomic mass is 9.78. The molecule has 3 aromatic rings. The number of hydrogen-bond acceptors (Lipinski definition) is 4. The van der Waals surface area contributed by atoms with Crippen molar-refractivity contribution < 1.29 is 19.1 Å². The van der Waals surface area contributed by atoms with Crippen molar-refractivity contribution in [2.75, 3.05) is 0 Å². The fraction of sp³-hybridized carbons (Fsp3) is 0.172. The normalized spacial score (nSPS) is 13.2. The van der Waals surface area contributed by atoms with Crippen molar-refractivity contribution in [3.63, 3.8) is 0 Å². The lowest BCUT2D eigenvalue weighted by Crippen LogP contribution is -2.19. The van der Waals surface area contributed by atoms with E-state index in [9.17, 15) is 9.59 Å². The van der Waals surface area contributed by atoms with Crippen LogP contribution in [-0.2, 0) is 10.2 Å². The Morgan fingerprint density at radius 3 is 1.76 bits per heavy atom. The standard InChI is InChI=1S/C29H26O4/c1-29(2,23-13-17-25(18-14-23)32-27(30)21-9-5-3-6-10-21)24-15-19-26(20-16-24)33-28(31)22-11-7-4-8-12-22/h3,5-7,9-20H,4,8H2,1-2H3. The van der Waals surface area contributed by atoms with Gasteiger partial charge in [0.25, 0.3) is 0 Å². The first kappa shape index (κ1) is 22.3. The smallest absolute Gasteiger partial charge is 0.343 e. The molecule has 0 saturated heterocycles. The lowest BCUT2D eigenvalue weighted by Gasteiger charge is -2.26. The predicted octanol–water partition coefficient (Wildman–Crippen LogP) is 6.41. The molecule has 0 aliphatic heterocycles. The van der Waals surface area contributed by atoms with Crippen molar-refractivity contribution >= 4 is 11.9 Å². The van der Waals surface area contributed by atoms with Crippen LogP contribution >= 0.6 is 0 Å². The topological polar surface area (TPSA) is 52.6 Å². The van der Waals surface area contributed by atoms with Crippen LogP contribution in [0.4, 0.5) is 0 Å². The molecule has 0 heterocycles. The number of carbonyl (C=O) groups is 2. The highest BCUT2D eigenvalue weighted by molar-refractivity contribution is 5.93. The first-order valence-electron chi connectivity index (χ1n) is 11.0. The van der Waals surface area contributed by atoms with Gasteiger partial charge in [0.05, 0.1) is 11.1 Å². The first-order valence-corrected chi connectivity index (χ1v) is 11.0. The van der Waals surface area contributed by atoms with Gasteiger partial charge in [0.15, 0.2) is 0 Å². The molecule has 0 unspecified atom stereocenters. The van der Waals surface area contributed by atoms with Crippen molar-refractivity contribution in [3.8, 4) is 11.5 Å². The third-order valence-electron chi connectivity index (χ3n) is 5.81. The molecular weight excluding hydrogens is 412 g/mol. The van der Waals surface area contributed by atoms with E-state index >= 15 is 0 Å². The molecule has 0 fully saturated rings. The van der Waals surface area contributed by atoms with E-state index in [0.717, 1.165) is 24.0 Å². The molecule has 33 heavy (non-hydrogen) atoms. The van der Waals surface area contributed by atoms with Crippen LogP contribution < -0.4 is 9.47 Å². The SMILES string of the molecule is CC(C)(c1ccc(OC(=O)C2=CCCC=C2)cc1)c1ccc(OC(=O)c2ccccc2)cc1. The van der Waals surface area contributed by atoms with E-state index in [2.05, 4.69) is 13.8 Å². The fourth-order valence-electron chi connectivity index (χ4n) is 3.72. The molecule has 0 amide bonds. The molecule has 0 radical (unpaired) electrons. The minimum atomic E-state index is -0.382. The largest absolute Gasteiger partial charge is 0.423 e. The van der Waals surface area contributed by atoms with Crippen molar-refractivity contribution in [2.24, 2.45) is 0 Å². The minimum absolute atomic E-state index is 0.293. The van der Waals surface area contributed by atoms with E-state index in [0.29, 0.717) is 22.6 Å². The summed E-state index contributed by atoms with van der Waals surface area (Å²) < 4.78 is 11.0. The second-order valence-electron chi connectivity index (χ2n) is 8.46. The highest BCUT2D eigenvalue weighted by atomic mass is 16.5. The summed E-state index contributed by atoms with van der Waals surface area (Å²) in [4.78, 5) is 24.6. The van der Waals surface area contributed by atoms with Gasteiger partial charge in [-0.25, -0.2) is 9.59 Å². The average molecular weight is 439 g/mol. The predicted molar refractivity (Wildman–Crippen MR) is 129 cm³/mol. The van der Waals surface area contributed by atoms with Crippen LogP contribution in [0.3, 0.4) is 0 Å². The van der Waals surface area contributed by atoms with Crippen LogP contribution in [0.5, 0.6) is 11.5 Å². The van der Waals surface area contributed by atoms with Gasteiger partial charge in [-0.1, -0.05) is 74.5 Å². The minimum Gasteiger partial charge on any atom is -0.423 e. The Balaban J connectivity index is 1.43. The zero-order valence-corrected chi connectivity index (χ0v) is 18.8. The summed E-state index contributed by atoms with van der Waals surface area (Å²) in [6.07, 6.45) is 7.51. The van der Waals surface area contributed by atoms with Gasteiger partial charge in [-0.2, -0.15) is 0 Å². The van der Waals surface area contributed by atoms with Gasteiger partial charge in [0.2, 0.25) is 0 Å². The van der Waals surface area contributed by atoms with Crippen molar-refractivity contribution in [1.82, 2.24) is 0 Å². The Labute approximate surface area is 194 Å². The van der Waals surface area contributed by atoms with Gasteiger partial charge < -0.3 is 9.47 Å². The zero-order chi connectivity index (χ0) is 23.3. The molecule has 0 atom stereocenters. The van der Waals surface area contributed by atoms with Gasteiger partial charge in [0.1, 0.15) is 11.5 Å². The molecule has 0 spiro atoms. The third kappa shape index (κ3) is 5.29. The highest BCUT2D eigenvalue weighted by Gasteiger charge is 2.23. The molecule has 1 aliphatic rings. The maximum absolute atomic E-state index is 12.3. The molecule has 0 saturated carbocycles. The van der Waals surface area contributed by atoms with Crippen LogP contribution in [0.1, 0.15) is 48.2 Å². The number of rotatable bonds is 6. The summed E-state index contributed by atoms with van der Waals surface area (Å²) in [5.74, 6) is 0.296. The second-order valence-corrected chi connectivity index (χ2v) is 8.46. The van der Waals surface area contributed by atoms with Crippen LogP contribution in [0.15, 0.2) is 103 Å². The monoisotopic (exact) mass is 438 g/mol. The molecule has 166 valence electrons. The number of benzene rings is 3. The van der Waals surface area contributed by atoms with Crippen LogP contribution in [0, 0.1) is 0 Å². The summed E-state index contributed by atoms with van der Waals surface area (Å²) in [5.41, 5.74) is 2.97. The highest BCUT2D eigenvalue weighted by Crippen LogP contribution is 2.33. The van der Waals surface area contributed by atoms with Crippen LogP contribution in [0.25, 0.3) is 0 Å². The maximum atomic E-state index is 12.3. The Bertz CT molecular complexity index is 1180. The van der Waals surface area contributed by atoms with Gasteiger partial charge in [-0.3, -0.25) is 0 Å². The molecule has 4 heteroatoms. The van der Waals surface area contributed by atoms with Crippen molar-refractivity contribution in [3.05, 3.63) is 119 Å². The molecule has 4 rings (SSSR count). The van der Waals surface area contributed by atoms with Gasteiger partial charge >= 0.3 is 11.9 Å². The van der Waals surface area contributed by atoms with E-state index in [1.807, 2.05) is 60.7 Å². The summed E-state index contributed by atoms with van der Waals surface area (Å²) in [5, 5.41) is 0. The van der Waals surface area contributed by atoms with E-state index in [1.165, 1.54) is 0 Å². The van der Waals surface area contributed by atoms with Crippen molar-refractivity contribution in [2.45, 2.75) is 32.1 Å². The Hall–Kier alpha value is -3.92. The van der Waals surface area contributed by atoms with E-state index < -0.39 is 0 Å². The zero-order valence-electron chi connectivity index (χ0n) is 18.8. The molecule has 1 aliphatic carbocycles. The van der Waals surface area contributed by atoms with Crippen LogP contribution in [0.2, 0.25) is 0 Å². The summed E-state index contributed by atoms with van der Waals surface area (Å²) in [7, 11) is 0. The molecule has 0 aromatic heterocycles.